The molecular formula is C11H12Cl2N2O. The molecule has 0 bridgehead atoms. The first kappa shape index (κ1) is 11.7. The third kappa shape index (κ3) is 2.48. The molecule has 0 aliphatic carbocycles. The first-order valence-electron chi connectivity index (χ1n) is 4.95. The van der Waals surface area contributed by atoms with Crippen molar-refractivity contribution in [3.05, 3.63) is 29.3 Å². The smallest absolute Gasteiger partial charge is 0.257 e. The van der Waals surface area contributed by atoms with E-state index >= 15 is 0 Å². The largest absolute Gasteiger partial charge is 0.324 e. The molecule has 0 saturated heterocycles. The van der Waals surface area contributed by atoms with Gasteiger partial charge in [0.2, 0.25) is 0 Å². The lowest BCUT2D eigenvalue weighted by molar-refractivity contribution is -0.114. The highest BCUT2D eigenvalue weighted by molar-refractivity contribution is 6.54. The molecule has 1 heterocycles. The van der Waals surface area contributed by atoms with Gasteiger partial charge in [-0.15, -0.1) is 0 Å². The molecule has 86 valence electrons. The van der Waals surface area contributed by atoms with Crippen LogP contribution in [0.1, 0.15) is 11.1 Å². The molecule has 0 fully saturated rings. The summed E-state index contributed by atoms with van der Waals surface area (Å²) in [6, 6.07) is 5.85. The number of carbonyl (C=O) groups excluding carboxylic acids is 1. The third-order valence-corrected chi connectivity index (χ3v) is 2.95. The van der Waals surface area contributed by atoms with Gasteiger partial charge in [-0.1, -0.05) is 29.3 Å². The van der Waals surface area contributed by atoms with Gasteiger partial charge in [-0.2, -0.15) is 0 Å². The van der Waals surface area contributed by atoms with E-state index in [4.69, 9.17) is 23.2 Å². The average Bonchev–Trinajstić information content (AvgIpc) is 2.57. The highest BCUT2D eigenvalue weighted by Gasteiger charge is 2.17. The van der Waals surface area contributed by atoms with Crippen LogP contribution in [0.2, 0.25) is 0 Å². The Kier molecular flexibility index (Phi) is 3.38. The lowest BCUT2D eigenvalue weighted by Gasteiger charge is -2.07. The molecule has 1 aliphatic heterocycles. The van der Waals surface area contributed by atoms with Crippen LogP contribution in [-0.2, 0) is 17.9 Å². The molecule has 1 amide bonds. The number of hydrogen-bond donors (Lipinski definition) is 1. The standard InChI is InChI=1S/C11H12Cl2N2O/c1-15-5-7-2-3-9(4-8(7)6-15)14-11(16)10(12)13/h2-4,10H,5-6H2,1H3,(H,14,16). The van der Waals surface area contributed by atoms with Crippen molar-refractivity contribution in [2.75, 3.05) is 12.4 Å². The number of nitrogens with zero attached hydrogens (tertiary/aromatic N) is 1. The number of anilines is 1. The van der Waals surface area contributed by atoms with Crippen LogP contribution >= 0.6 is 23.2 Å². The molecule has 1 aromatic rings. The summed E-state index contributed by atoms with van der Waals surface area (Å²) in [5.41, 5.74) is 3.28. The van der Waals surface area contributed by atoms with E-state index < -0.39 is 10.7 Å². The number of rotatable bonds is 2. The van der Waals surface area contributed by atoms with E-state index in [1.165, 1.54) is 11.1 Å². The Morgan fingerprint density at radius 1 is 1.38 bits per heavy atom. The highest BCUT2D eigenvalue weighted by atomic mass is 35.5. The predicted molar refractivity (Wildman–Crippen MR) is 65.7 cm³/mol. The number of amides is 1. The minimum atomic E-state index is -1.03. The van der Waals surface area contributed by atoms with E-state index in [2.05, 4.69) is 17.3 Å². The topological polar surface area (TPSA) is 32.3 Å². The van der Waals surface area contributed by atoms with Crippen LogP contribution in [0.5, 0.6) is 0 Å². The van der Waals surface area contributed by atoms with Crippen LogP contribution in [-0.4, -0.2) is 22.7 Å². The van der Waals surface area contributed by atoms with Gasteiger partial charge >= 0.3 is 0 Å². The van der Waals surface area contributed by atoms with Crippen LogP contribution in [0.4, 0.5) is 5.69 Å². The molecule has 16 heavy (non-hydrogen) atoms. The maximum atomic E-state index is 11.3. The molecule has 2 rings (SSSR count). The summed E-state index contributed by atoms with van der Waals surface area (Å²) in [6.07, 6.45) is 0. The summed E-state index contributed by atoms with van der Waals surface area (Å²) < 4.78 is 0. The molecule has 0 radical (unpaired) electrons. The molecule has 0 atom stereocenters. The Morgan fingerprint density at radius 2 is 2.06 bits per heavy atom. The van der Waals surface area contributed by atoms with Crippen molar-refractivity contribution in [3.8, 4) is 0 Å². The van der Waals surface area contributed by atoms with Crippen molar-refractivity contribution in [1.82, 2.24) is 4.90 Å². The third-order valence-electron chi connectivity index (χ3n) is 2.55. The lowest BCUT2D eigenvalue weighted by atomic mass is 10.1. The molecule has 0 unspecified atom stereocenters. The zero-order valence-electron chi connectivity index (χ0n) is 8.84. The first-order chi connectivity index (χ1) is 7.56. The molecule has 5 heteroatoms. The Hall–Kier alpha value is -0.770. The van der Waals surface area contributed by atoms with Crippen LogP contribution in [0.25, 0.3) is 0 Å². The van der Waals surface area contributed by atoms with Gasteiger partial charge in [0, 0.05) is 18.8 Å². The number of hydrogen-bond acceptors (Lipinski definition) is 2. The van der Waals surface area contributed by atoms with E-state index in [0.29, 0.717) is 0 Å². The van der Waals surface area contributed by atoms with Crippen molar-refractivity contribution >= 4 is 34.8 Å². The zero-order chi connectivity index (χ0) is 11.7. The lowest BCUT2D eigenvalue weighted by Crippen LogP contribution is -2.18. The summed E-state index contributed by atoms with van der Waals surface area (Å²) in [5.74, 6) is -0.394. The second-order valence-corrected chi connectivity index (χ2v) is 5.04. The van der Waals surface area contributed by atoms with Crippen LogP contribution in [0.3, 0.4) is 0 Å². The number of alkyl halides is 2. The molecule has 3 nitrogen and oxygen atoms in total. The summed E-state index contributed by atoms with van der Waals surface area (Å²) in [6.45, 7) is 1.86. The van der Waals surface area contributed by atoms with E-state index in [0.717, 1.165) is 18.8 Å². The summed E-state index contributed by atoms with van der Waals surface area (Å²) in [5, 5.41) is 2.66. The van der Waals surface area contributed by atoms with E-state index in [1.54, 1.807) is 0 Å². The Bertz CT molecular complexity index is 420. The maximum absolute atomic E-state index is 11.3. The van der Waals surface area contributed by atoms with Crippen molar-refractivity contribution in [1.29, 1.82) is 0 Å². The van der Waals surface area contributed by atoms with Gasteiger partial charge in [0.05, 0.1) is 0 Å². The molecule has 1 aromatic carbocycles. The Labute approximate surface area is 104 Å². The number of benzene rings is 1. The molecule has 1 aliphatic rings. The predicted octanol–water partition coefficient (Wildman–Crippen LogP) is 2.37. The second kappa shape index (κ2) is 4.62. The Morgan fingerprint density at radius 3 is 2.75 bits per heavy atom. The maximum Gasteiger partial charge on any atom is 0.257 e. The van der Waals surface area contributed by atoms with Crippen LogP contribution in [0, 0.1) is 0 Å². The van der Waals surface area contributed by atoms with Gasteiger partial charge in [0.1, 0.15) is 0 Å². The van der Waals surface area contributed by atoms with Crippen LogP contribution in [0.15, 0.2) is 18.2 Å². The molecule has 0 saturated carbocycles. The van der Waals surface area contributed by atoms with E-state index in [-0.39, 0.29) is 0 Å². The number of fused-ring (bicyclic) bond motifs is 1. The van der Waals surface area contributed by atoms with Gasteiger partial charge in [0.25, 0.3) is 5.91 Å². The number of nitrogens with one attached hydrogen (secondary N) is 1. The van der Waals surface area contributed by atoms with Gasteiger partial charge in [-0.25, -0.2) is 0 Å². The molecule has 0 spiro atoms. The normalized spacial score (nSPS) is 15.2. The summed E-state index contributed by atoms with van der Waals surface area (Å²) in [7, 11) is 2.06. The summed E-state index contributed by atoms with van der Waals surface area (Å²) >= 11 is 10.9. The quantitative estimate of drug-likeness (QED) is 0.827. The van der Waals surface area contributed by atoms with Gasteiger partial charge < -0.3 is 5.32 Å². The van der Waals surface area contributed by atoms with Crippen molar-refractivity contribution < 1.29 is 4.79 Å². The SMILES string of the molecule is CN1Cc2ccc(NC(=O)C(Cl)Cl)cc2C1. The fraction of sp³-hybridized carbons (Fsp3) is 0.364. The van der Waals surface area contributed by atoms with Crippen molar-refractivity contribution in [2.24, 2.45) is 0 Å². The van der Waals surface area contributed by atoms with Gasteiger partial charge in [-0.05, 0) is 30.3 Å². The number of carbonyl (C=O) groups is 1. The Balaban J connectivity index is 2.14. The molecular weight excluding hydrogens is 247 g/mol. The minimum absolute atomic E-state index is 0.394. The van der Waals surface area contributed by atoms with Gasteiger partial charge in [-0.3, -0.25) is 9.69 Å². The fourth-order valence-corrected chi connectivity index (χ4v) is 1.95. The van der Waals surface area contributed by atoms with Crippen molar-refractivity contribution in [3.63, 3.8) is 0 Å². The summed E-state index contributed by atoms with van der Waals surface area (Å²) in [4.78, 5) is 12.5. The van der Waals surface area contributed by atoms with E-state index in [1.807, 2.05) is 18.2 Å². The monoisotopic (exact) mass is 258 g/mol. The molecule has 0 aromatic heterocycles. The first-order valence-corrected chi connectivity index (χ1v) is 5.83. The van der Waals surface area contributed by atoms with E-state index in [9.17, 15) is 4.79 Å². The number of halogens is 2. The second-order valence-electron chi connectivity index (χ2n) is 3.95. The minimum Gasteiger partial charge on any atom is -0.324 e. The highest BCUT2D eigenvalue weighted by Crippen LogP contribution is 2.24. The van der Waals surface area contributed by atoms with Crippen LogP contribution < -0.4 is 5.32 Å². The average molecular weight is 259 g/mol. The zero-order valence-corrected chi connectivity index (χ0v) is 10.3. The van der Waals surface area contributed by atoms with Gasteiger partial charge in [0.15, 0.2) is 4.84 Å². The molecule has 1 N–H and O–H groups in total. The van der Waals surface area contributed by atoms with Crippen molar-refractivity contribution in [2.45, 2.75) is 17.9 Å². The fourth-order valence-electron chi connectivity index (χ4n) is 1.84.